The van der Waals surface area contributed by atoms with Crippen molar-refractivity contribution in [2.75, 3.05) is 0 Å². The zero-order chi connectivity index (χ0) is 32.3. The number of ether oxygens (including phenoxy) is 2. The van der Waals surface area contributed by atoms with Crippen LogP contribution in [0.4, 0.5) is 0 Å². The number of benzene rings is 5. The summed E-state index contributed by atoms with van der Waals surface area (Å²) in [7, 11) is 0. The third kappa shape index (κ3) is 7.07. The molecule has 1 aliphatic rings. The lowest BCUT2D eigenvalue weighted by Gasteiger charge is -2.45. The molecular formula is C44H48O2. The maximum Gasteiger partial charge on any atom is 0.127 e. The molecule has 0 amide bonds. The highest BCUT2D eigenvalue weighted by molar-refractivity contribution is 5.65. The van der Waals surface area contributed by atoms with Gasteiger partial charge in [-0.25, -0.2) is 0 Å². The topological polar surface area (TPSA) is 18.5 Å². The van der Waals surface area contributed by atoms with E-state index in [0.717, 1.165) is 23.0 Å². The first-order chi connectivity index (χ1) is 22.1. The minimum Gasteiger partial charge on any atom is -0.457 e. The van der Waals surface area contributed by atoms with Gasteiger partial charge < -0.3 is 9.47 Å². The number of aryl methyl sites for hydroxylation is 2. The average Bonchev–Trinajstić information content (AvgIpc) is 3.07. The van der Waals surface area contributed by atoms with E-state index in [4.69, 9.17) is 9.47 Å². The summed E-state index contributed by atoms with van der Waals surface area (Å²) in [4.78, 5) is 0. The van der Waals surface area contributed by atoms with Gasteiger partial charge in [0.05, 0.1) is 0 Å². The molecule has 0 aromatic heterocycles. The molecule has 6 rings (SSSR count). The fourth-order valence-electron chi connectivity index (χ4n) is 7.22. The molecule has 0 N–H and O–H groups in total. The lowest BCUT2D eigenvalue weighted by molar-refractivity contribution is 0.136. The molecule has 1 fully saturated rings. The smallest absolute Gasteiger partial charge is 0.127 e. The Labute approximate surface area is 276 Å². The molecule has 2 heteroatoms. The molecule has 236 valence electrons. The van der Waals surface area contributed by atoms with Gasteiger partial charge in [-0.1, -0.05) is 118 Å². The standard InChI is InChI=1S/C44H48O2/c1-31-10-18-35(19-11-31)43(3,4)37-8-7-9-38(30-37)44(5,6)36-20-14-33(15-21-36)34-16-24-40(25-17-34)46-42-28-26-41(27-29-42)45-39-22-12-32(2)13-23-39/h10-29,37-38H,7-9,30H2,1-6H3. The Kier molecular flexibility index (Phi) is 9.09. The van der Waals surface area contributed by atoms with E-state index in [0.29, 0.717) is 11.8 Å². The van der Waals surface area contributed by atoms with Gasteiger partial charge in [0.25, 0.3) is 0 Å². The summed E-state index contributed by atoms with van der Waals surface area (Å²) >= 11 is 0. The molecule has 46 heavy (non-hydrogen) atoms. The highest BCUT2D eigenvalue weighted by Gasteiger charge is 2.40. The van der Waals surface area contributed by atoms with E-state index in [-0.39, 0.29) is 10.8 Å². The van der Waals surface area contributed by atoms with Crippen molar-refractivity contribution in [1.82, 2.24) is 0 Å². The van der Waals surface area contributed by atoms with Crippen molar-refractivity contribution in [3.8, 4) is 34.1 Å². The van der Waals surface area contributed by atoms with Gasteiger partial charge in [0.15, 0.2) is 0 Å². The van der Waals surface area contributed by atoms with Crippen molar-refractivity contribution >= 4 is 0 Å². The first kappa shape index (κ1) is 31.7. The van der Waals surface area contributed by atoms with E-state index >= 15 is 0 Å². The van der Waals surface area contributed by atoms with Gasteiger partial charge >= 0.3 is 0 Å². The van der Waals surface area contributed by atoms with E-state index in [1.807, 2.05) is 60.7 Å². The summed E-state index contributed by atoms with van der Waals surface area (Å²) in [5.74, 6) is 4.57. The van der Waals surface area contributed by atoms with Gasteiger partial charge in [0, 0.05) is 0 Å². The molecule has 5 aromatic carbocycles. The maximum atomic E-state index is 6.13. The zero-order valence-corrected chi connectivity index (χ0v) is 28.3. The molecule has 2 atom stereocenters. The Bertz CT molecular complexity index is 1710. The predicted molar refractivity (Wildman–Crippen MR) is 192 cm³/mol. The highest BCUT2D eigenvalue weighted by atomic mass is 16.5. The predicted octanol–water partition coefficient (Wildman–Crippen LogP) is 12.6. The fraction of sp³-hybridized carbons (Fsp3) is 0.318. The molecule has 5 aromatic rings. The van der Waals surface area contributed by atoms with Crippen LogP contribution in [0.5, 0.6) is 23.0 Å². The summed E-state index contributed by atoms with van der Waals surface area (Å²) in [6.07, 6.45) is 5.21. The van der Waals surface area contributed by atoms with E-state index < -0.39 is 0 Å². The Hall–Kier alpha value is -4.30. The fourth-order valence-corrected chi connectivity index (χ4v) is 7.22. The van der Waals surface area contributed by atoms with Crippen LogP contribution in [-0.4, -0.2) is 0 Å². The van der Waals surface area contributed by atoms with Gasteiger partial charge in [-0.2, -0.15) is 0 Å². The minimum absolute atomic E-state index is 0.124. The lowest BCUT2D eigenvalue weighted by atomic mass is 9.59. The average molecular weight is 609 g/mol. The molecule has 0 radical (unpaired) electrons. The molecule has 1 aliphatic carbocycles. The zero-order valence-electron chi connectivity index (χ0n) is 28.3. The van der Waals surface area contributed by atoms with Crippen LogP contribution in [0.3, 0.4) is 0 Å². The molecule has 0 bridgehead atoms. The third-order valence-corrected chi connectivity index (χ3v) is 10.6. The van der Waals surface area contributed by atoms with Crippen LogP contribution in [0, 0.1) is 25.7 Å². The van der Waals surface area contributed by atoms with Gasteiger partial charge in [-0.05, 0) is 127 Å². The Morgan fingerprint density at radius 1 is 0.435 bits per heavy atom. The second-order valence-electron chi connectivity index (χ2n) is 14.5. The summed E-state index contributed by atoms with van der Waals surface area (Å²) in [6.45, 7) is 14.1. The minimum atomic E-state index is 0.124. The van der Waals surface area contributed by atoms with Crippen molar-refractivity contribution < 1.29 is 9.47 Å². The van der Waals surface area contributed by atoms with Crippen LogP contribution >= 0.6 is 0 Å². The molecule has 0 saturated heterocycles. The van der Waals surface area contributed by atoms with Crippen molar-refractivity contribution in [3.63, 3.8) is 0 Å². The van der Waals surface area contributed by atoms with Gasteiger partial charge in [0.1, 0.15) is 23.0 Å². The quantitative estimate of drug-likeness (QED) is 0.166. The first-order valence-electron chi connectivity index (χ1n) is 16.9. The second-order valence-corrected chi connectivity index (χ2v) is 14.5. The summed E-state index contributed by atoms with van der Waals surface area (Å²) < 4.78 is 12.1. The van der Waals surface area contributed by atoms with E-state index in [1.165, 1.54) is 59.1 Å². The highest BCUT2D eigenvalue weighted by Crippen LogP contribution is 2.48. The van der Waals surface area contributed by atoms with Crippen molar-refractivity contribution in [2.45, 2.75) is 78.1 Å². The molecule has 0 heterocycles. The summed E-state index contributed by atoms with van der Waals surface area (Å²) in [6, 6.07) is 42.7. The maximum absolute atomic E-state index is 6.13. The van der Waals surface area contributed by atoms with Gasteiger partial charge in [0.2, 0.25) is 0 Å². The monoisotopic (exact) mass is 608 g/mol. The normalized spacial score (nSPS) is 17.0. The van der Waals surface area contributed by atoms with Crippen LogP contribution < -0.4 is 9.47 Å². The van der Waals surface area contributed by atoms with Crippen LogP contribution in [-0.2, 0) is 10.8 Å². The number of rotatable bonds is 9. The van der Waals surface area contributed by atoms with E-state index in [9.17, 15) is 0 Å². The Balaban J connectivity index is 1.08. The molecule has 2 unspecified atom stereocenters. The largest absolute Gasteiger partial charge is 0.457 e. The lowest BCUT2D eigenvalue weighted by Crippen LogP contribution is -2.39. The second kappa shape index (κ2) is 13.2. The van der Waals surface area contributed by atoms with Crippen LogP contribution in [0.1, 0.15) is 75.6 Å². The third-order valence-electron chi connectivity index (χ3n) is 10.6. The van der Waals surface area contributed by atoms with Crippen molar-refractivity contribution in [2.24, 2.45) is 11.8 Å². The summed E-state index contributed by atoms with van der Waals surface area (Å²) in [5, 5.41) is 0. The molecule has 1 saturated carbocycles. The van der Waals surface area contributed by atoms with E-state index in [1.54, 1.807) is 0 Å². The summed E-state index contributed by atoms with van der Waals surface area (Å²) in [5.41, 5.74) is 8.18. The SMILES string of the molecule is Cc1ccc(Oc2ccc(Oc3ccc(-c4ccc(C(C)(C)C5CCCC(C(C)(C)c6ccc(C)cc6)C5)cc4)cc3)cc2)cc1. The van der Waals surface area contributed by atoms with Gasteiger partial charge in [-0.3, -0.25) is 0 Å². The van der Waals surface area contributed by atoms with E-state index in [2.05, 4.69) is 102 Å². The van der Waals surface area contributed by atoms with Crippen molar-refractivity contribution in [1.29, 1.82) is 0 Å². The molecular weight excluding hydrogens is 560 g/mol. The van der Waals surface area contributed by atoms with Crippen LogP contribution in [0.2, 0.25) is 0 Å². The van der Waals surface area contributed by atoms with Crippen LogP contribution in [0.15, 0.2) is 121 Å². The Morgan fingerprint density at radius 3 is 1.15 bits per heavy atom. The van der Waals surface area contributed by atoms with Crippen LogP contribution in [0.25, 0.3) is 11.1 Å². The van der Waals surface area contributed by atoms with Gasteiger partial charge in [-0.15, -0.1) is 0 Å². The van der Waals surface area contributed by atoms with Crippen molar-refractivity contribution in [3.05, 3.63) is 144 Å². The first-order valence-corrected chi connectivity index (χ1v) is 16.9. The Morgan fingerprint density at radius 2 is 0.739 bits per heavy atom. The molecule has 2 nitrogen and oxygen atoms in total. The number of hydrogen-bond acceptors (Lipinski definition) is 2. The number of hydrogen-bond donors (Lipinski definition) is 0. The molecule has 0 aliphatic heterocycles. The molecule has 0 spiro atoms.